The summed E-state index contributed by atoms with van der Waals surface area (Å²) in [6.45, 7) is 6.61. The smallest absolute Gasteiger partial charge is 0.319 e. The molecule has 4 saturated heterocycles. The first kappa shape index (κ1) is 23.3. The maximum atomic E-state index is 16.3. The van der Waals surface area contributed by atoms with Crippen molar-refractivity contribution >= 4 is 16.7 Å². The number of rotatable bonds is 6. The van der Waals surface area contributed by atoms with E-state index in [1.807, 2.05) is 24.3 Å². The summed E-state index contributed by atoms with van der Waals surface area (Å²) in [4.78, 5) is 19.1. The van der Waals surface area contributed by atoms with E-state index in [1.54, 1.807) is 6.20 Å². The second-order valence-electron chi connectivity index (χ2n) is 11.3. The fourth-order valence-corrected chi connectivity index (χ4v) is 7.20. The van der Waals surface area contributed by atoms with Crippen molar-refractivity contribution in [2.75, 3.05) is 37.7 Å². The predicted molar refractivity (Wildman–Crippen MR) is 143 cm³/mol. The second kappa shape index (κ2) is 9.17. The van der Waals surface area contributed by atoms with E-state index in [4.69, 9.17) is 9.72 Å². The van der Waals surface area contributed by atoms with Gasteiger partial charge < -0.3 is 15.0 Å². The molecule has 7 nitrogen and oxygen atoms in total. The Kier molecular flexibility index (Phi) is 5.77. The highest BCUT2D eigenvalue weighted by Gasteiger charge is 2.45. The van der Waals surface area contributed by atoms with Crippen molar-refractivity contribution < 1.29 is 9.13 Å². The van der Waals surface area contributed by atoms with Gasteiger partial charge in [-0.3, -0.25) is 9.88 Å². The first-order valence-electron chi connectivity index (χ1n) is 14.0. The van der Waals surface area contributed by atoms with Gasteiger partial charge in [0.05, 0.1) is 10.9 Å². The summed E-state index contributed by atoms with van der Waals surface area (Å²) in [5.41, 5.74) is 2.61. The number of hydrogen-bond acceptors (Lipinski definition) is 7. The van der Waals surface area contributed by atoms with Crippen molar-refractivity contribution in [1.29, 1.82) is 0 Å². The summed E-state index contributed by atoms with van der Waals surface area (Å²) < 4.78 is 22.6. The Morgan fingerprint density at radius 3 is 2.59 bits per heavy atom. The fraction of sp³-hybridized carbons (Fsp3) is 0.552. The minimum atomic E-state index is -0.397. The van der Waals surface area contributed by atoms with Crippen LogP contribution in [0.3, 0.4) is 0 Å². The lowest BCUT2D eigenvalue weighted by molar-refractivity contribution is 0.108. The first-order valence-corrected chi connectivity index (χ1v) is 14.0. The van der Waals surface area contributed by atoms with Gasteiger partial charge in [0, 0.05) is 36.9 Å². The third-order valence-corrected chi connectivity index (χ3v) is 9.09. The molecule has 4 aliphatic rings. The molecule has 4 aliphatic heterocycles. The third-order valence-electron chi connectivity index (χ3n) is 9.09. The maximum Gasteiger partial charge on any atom is 0.319 e. The number of halogens is 1. The van der Waals surface area contributed by atoms with Crippen LogP contribution >= 0.6 is 0 Å². The van der Waals surface area contributed by atoms with Gasteiger partial charge >= 0.3 is 6.01 Å². The van der Waals surface area contributed by atoms with Gasteiger partial charge in [-0.25, -0.2) is 4.39 Å². The number of nitrogens with zero attached hydrogens (tertiary/aromatic N) is 5. The van der Waals surface area contributed by atoms with Gasteiger partial charge in [-0.1, -0.05) is 31.2 Å². The van der Waals surface area contributed by atoms with Gasteiger partial charge in [0.1, 0.15) is 23.6 Å². The van der Waals surface area contributed by atoms with Crippen molar-refractivity contribution in [3.05, 3.63) is 41.8 Å². The molecule has 2 atom stereocenters. The monoisotopic (exact) mass is 502 g/mol. The van der Waals surface area contributed by atoms with E-state index >= 15 is 4.39 Å². The molecule has 7 rings (SSSR count). The van der Waals surface area contributed by atoms with Crippen LogP contribution in [-0.2, 0) is 6.42 Å². The highest BCUT2D eigenvalue weighted by Crippen LogP contribution is 2.40. The van der Waals surface area contributed by atoms with E-state index in [9.17, 15) is 0 Å². The van der Waals surface area contributed by atoms with E-state index in [0.717, 1.165) is 75.2 Å². The number of hydrogen-bond donors (Lipinski definition) is 1. The molecule has 3 aromatic rings. The molecule has 0 radical (unpaired) electrons. The molecule has 2 bridgehead atoms. The second-order valence-corrected chi connectivity index (χ2v) is 11.3. The molecule has 6 heterocycles. The van der Waals surface area contributed by atoms with E-state index in [-0.39, 0.29) is 11.5 Å². The Balaban J connectivity index is 1.31. The van der Waals surface area contributed by atoms with E-state index in [2.05, 4.69) is 32.0 Å². The molecule has 2 unspecified atom stereocenters. The van der Waals surface area contributed by atoms with Gasteiger partial charge in [-0.15, -0.1) is 0 Å². The topological polar surface area (TPSA) is 66.4 Å². The molecule has 1 aromatic carbocycles. The lowest BCUT2D eigenvalue weighted by Crippen LogP contribution is -2.51. The summed E-state index contributed by atoms with van der Waals surface area (Å²) in [7, 11) is 0. The van der Waals surface area contributed by atoms with E-state index in [1.165, 1.54) is 12.8 Å². The number of ether oxygens (including phenoxy) is 1. The van der Waals surface area contributed by atoms with Crippen LogP contribution in [0.4, 0.5) is 10.2 Å². The predicted octanol–water partition coefficient (Wildman–Crippen LogP) is 4.34. The minimum absolute atomic E-state index is 0.0780. The van der Waals surface area contributed by atoms with Gasteiger partial charge in [0.25, 0.3) is 0 Å². The normalized spacial score (nSPS) is 24.6. The zero-order valence-electron chi connectivity index (χ0n) is 21.5. The number of nitrogens with one attached hydrogen (secondary N) is 1. The average Bonchev–Trinajstić information content (AvgIpc) is 3.61. The summed E-state index contributed by atoms with van der Waals surface area (Å²) in [6.07, 6.45) is 9.59. The third kappa shape index (κ3) is 3.96. The lowest BCUT2D eigenvalue weighted by atomic mass is 9.95. The van der Waals surface area contributed by atoms with Crippen molar-refractivity contribution in [2.45, 2.75) is 69.5 Å². The molecular weight excluding hydrogens is 467 g/mol. The number of benzene rings is 1. The van der Waals surface area contributed by atoms with Crippen LogP contribution in [-0.4, -0.2) is 70.3 Å². The van der Waals surface area contributed by atoms with Crippen molar-refractivity contribution in [3.63, 3.8) is 0 Å². The van der Waals surface area contributed by atoms with E-state index < -0.39 is 5.82 Å². The van der Waals surface area contributed by atoms with Gasteiger partial charge in [0.15, 0.2) is 5.82 Å². The molecule has 0 amide bonds. The molecule has 0 saturated carbocycles. The summed E-state index contributed by atoms with van der Waals surface area (Å²) in [5.74, 6) is 0.346. The highest BCUT2D eigenvalue weighted by molar-refractivity contribution is 5.92. The Labute approximate surface area is 217 Å². The average molecular weight is 503 g/mol. The SMILES string of the molecule is CCc1ccccc1-c1ncc2c(N3CC4CCC(C3)N4)nc(OCC34CCCN3CCC4)nc2c1F. The molecule has 37 heavy (non-hydrogen) atoms. The minimum Gasteiger partial charge on any atom is -0.461 e. The van der Waals surface area contributed by atoms with E-state index in [0.29, 0.717) is 35.3 Å². The summed E-state index contributed by atoms with van der Waals surface area (Å²) in [6, 6.07) is 9.05. The van der Waals surface area contributed by atoms with Crippen LogP contribution in [0.5, 0.6) is 6.01 Å². The van der Waals surface area contributed by atoms with Crippen molar-refractivity contribution in [2.24, 2.45) is 0 Å². The zero-order valence-corrected chi connectivity index (χ0v) is 21.5. The molecule has 2 aromatic heterocycles. The van der Waals surface area contributed by atoms with Gasteiger partial charge in [-0.05, 0) is 63.6 Å². The van der Waals surface area contributed by atoms with Crippen molar-refractivity contribution in [3.8, 4) is 17.3 Å². The maximum absolute atomic E-state index is 16.3. The first-order chi connectivity index (χ1) is 18.1. The molecule has 0 aliphatic carbocycles. The van der Waals surface area contributed by atoms with Gasteiger partial charge in [0.2, 0.25) is 0 Å². The zero-order chi connectivity index (χ0) is 25.0. The number of aromatic nitrogens is 3. The van der Waals surface area contributed by atoms with Crippen LogP contribution in [0, 0.1) is 5.82 Å². The number of piperazine rings is 1. The largest absolute Gasteiger partial charge is 0.461 e. The Hall–Kier alpha value is -2.84. The molecule has 0 spiro atoms. The van der Waals surface area contributed by atoms with Crippen LogP contribution in [0.2, 0.25) is 0 Å². The standard InChI is InChI=1S/C29H35FN6O/c1-2-19-7-3-4-8-22(19)25-24(30)26-23(15-31-25)27(35-16-20-9-10-21(17-35)32-20)34-28(33-26)37-18-29-11-5-13-36(29)14-6-12-29/h3-4,7-8,15,20-21,32H,2,5-6,9-14,16-18H2,1H3. The molecule has 8 heteroatoms. The van der Waals surface area contributed by atoms with Crippen LogP contribution in [0.25, 0.3) is 22.2 Å². The lowest BCUT2D eigenvalue weighted by Gasteiger charge is -2.34. The van der Waals surface area contributed by atoms with Crippen LogP contribution in [0.1, 0.15) is 51.0 Å². The number of aryl methyl sites for hydroxylation is 1. The number of fused-ring (bicyclic) bond motifs is 4. The quantitative estimate of drug-likeness (QED) is 0.538. The molecular formula is C29H35FN6O. The number of anilines is 1. The number of pyridine rings is 1. The summed E-state index contributed by atoms with van der Waals surface area (Å²) in [5, 5.41) is 4.34. The van der Waals surface area contributed by atoms with Crippen LogP contribution in [0.15, 0.2) is 30.5 Å². The highest BCUT2D eigenvalue weighted by atomic mass is 19.1. The Morgan fingerprint density at radius 2 is 1.84 bits per heavy atom. The van der Waals surface area contributed by atoms with Crippen LogP contribution < -0.4 is 15.0 Å². The summed E-state index contributed by atoms with van der Waals surface area (Å²) >= 11 is 0. The fourth-order valence-electron chi connectivity index (χ4n) is 7.20. The molecule has 4 fully saturated rings. The van der Waals surface area contributed by atoms with Crippen molar-refractivity contribution in [1.82, 2.24) is 25.2 Å². The molecule has 1 N–H and O–H groups in total. The Bertz CT molecular complexity index is 1310. The molecule has 194 valence electrons. The van der Waals surface area contributed by atoms with Gasteiger partial charge in [-0.2, -0.15) is 9.97 Å². The Morgan fingerprint density at radius 1 is 1.08 bits per heavy atom.